The van der Waals surface area contributed by atoms with Crippen LogP contribution in [0.4, 0.5) is 0 Å². The Balaban J connectivity index is 1.92. The third-order valence-electron chi connectivity index (χ3n) is 3.79. The standard InChI is InChI=1S/C15H15NO6S/c1-21-12-5-3-2-4-11(12)15(6-7-15)16-23(19,20)13-8-10(9-22-13)14(17)18/h2-5,8-9,16H,6-7H2,1H3,(H,17,18). The number of methoxy groups -OCH3 is 1. The average molecular weight is 337 g/mol. The molecule has 0 bridgehead atoms. The number of rotatable bonds is 6. The average Bonchev–Trinajstić information content (AvgIpc) is 3.10. The van der Waals surface area contributed by atoms with Crippen LogP contribution in [0.15, 0.2) is 46.1 Å². The predicted octanol–water partition coefficient (Wildman–Crippen LogP) is 1.95. The van der Waals surface area contributed by atoms with E-state index in [0.29, 0.717) is 18.6 Å². The lowest BCUT2D eigenvalue weighted by Gasteiger charge is -2.19. The lowest BCUT2D eigenvalue weighted by atomic mass is 10.1. The van der Waals surface area contributed by atoms with Crippen molar-refractivity contribution in [2.45, 2.75) is 23.5 Å². The lowest BCUT2D eigenvalue weighted by molar-refractivity contribution is 0.0696. The number of ether oxygens (including phenoxy) is 1. The van der Waals surface area contributed by atoms with E-state index in [4.69, 9.17) is 14.3 Å². The Hall–Kier alpha value is -2.32. The third-order valence-corrected chi connectivity index (χ3v) is 5.19. The summed E-state index contributed by atoms with van der Waals surface area (Å²) in [7, 11) is -2.45. The molecule has 1 aliphatic rings. The van der Waals surface area contributed by atoms with Gasteiger partial charge in [0.05, 0.1) is 18.2 Å². The zero-order valence-electron chi connectivity index (χ0n) is 12.3. The number of carboxylic acids is 1. The van der Waals surface area contributed by atoms with Crippen LogP contribution < -0.4 is 9.46 Å². The molecule has 3 rings (SSSR count). The molecular weight excluding hydrogens is 322 g/mol. The summed E-state index contributed by atoms with van der Waals surface area (Å²) in [4.78, 5) is 10.9. The summed E-state index contributed by atoms with van der Waals surface area (Å²) in [6.07, 6.45) is 2.15. The Bertz CT molecular complexity index is 850. The summed E-state index contributed by atoms with van der Waals surface area (Å²) >= 11 is 0. The summed E-state index contributed by atoms with van der Waals surface area (Å²) in [6, 6.07) is 8.17. The maximum absolute atomic E-state index is 12.5. The molecule has 0 spiro atoms. The van der Waals surface area contributed by atoms with Crippen molar-refractivity contribution in [3.63, 3.8) is 0 Å². The minimum atomic E-state index is -3.98. The van der Waals surface area contributed by atoms with Gasteiger partial charge >= 0.3 is 5.97 Å². The van der Waals surface area contributed by atoms with Crippen LogP contribution in [0.1, 0.15) is 28.8 Å². The van der Waals surface area contributed by atoms with Crippen molar-refractivity contribution in [3.8, 4) is 5.75 Å². The van der Waals surface area contributed by atoms with E-state index in [0.717, 1.165) is 17.9 Å². The SMILES string of the molecule is COc1ccccc1C1(NS(=O)(=O)c2cc(C(=O)O)co2)CC1. The molecule has 1 saturated carbocycles. The van der Waals surface area contributed by atoms with Crippen molar-refractivity contribution in [2.75, 3.05) is 7.11 Å². The molecule has 1 fully saturated rings. The molecule has 23 heavy (non-hydrogen) atoms. The highest BCUT2D eigenvalue weighted by atomic mass is 32.2. The first-order valence-electron chi connectivity index (χ1n) is 6.87. The minimum absolute atomic E-state index is 0.215. The summed E-state index contributed by atoms with van der Waals surface area (Å²) in [6.45, 7) is 0. The fourth-order valence-electron chi connectivity index (χ4n) is 2.47. The van der Waals surface area contributed by atoms with Gasteiger partial charge in [-0.15, -0.1) is 0 Å². The molecule has 0 radical (unpaired) electrons. The smallest absolute Gasteiger partial charge is 0.339 e. The van der Waals surface area contributed by atoms with Crippen LogP contribution in [-0.4, -0.2) is 26.6 Å². The van der Waals surface area contributed by atoms with Crippen molar-refractivity contribution in [1.82, 2.24) is 4.72 Å². The molecule has 1 aliphatic carbocycles. The first-order chi connectivity index (χ1) is 10.9. The molecule has 0 amide bonds. The number of nitrogens with one attached hydrogen (secondary N) is 1. The fraction of sp³-hybridized carbons (Fsp3) is 0.267. The van der Waals surface area contributed by atoms with Crippen LogP contribution in [0, 0.1) is 0 Å². The molecule has 1 heterocycles. The summed E-state index contributed by atoms with van der Waals surface area (Å²) in [5, 5.41) is 8.44. The van der Waals surface area contributed by atoms with Gasteiger partial charge in [-0.2, -0.15) is 4.72 Å². The molecule has 0 saturated heterocycles. The topological polar surface area (TPSA) is 106 Å². The number of carboxylic acid groups (broad SMARTS) is 1. The Morgan fingerprint density at radius 2 is 2.04 bits per heavy atom. The monoisotopic (exact) mass is 337 g/mol. The summed E-state index contributed by atoms with van der Waals surface area (Å²) < 4.78 is 37.7. The maximum Gasteiger partial charge on any atom is 0.339 e. The van der Waals surface area contributed by atoms with Crippen molar-refractivity contribution in [2.24, 2.45) is 0 Å². The first-order valence-corrected chi connectivity index (χ1v) is 8.36. The van der Waals surface area contributed by atoms with E-state index in [1.807, 2.05) is 6.07 Å². The summed E-state index contributed by atoms with van der Waals surface area (Å²) in [5.74, 6) is -0.653. The van der Waals surface area contributed by atoms with E-state index in [1.54, 1.807) is 18.2 Å². The molecule has 1 aromatic heterocycles. The fourth-order valence-corrected chi connectivity index (χ4v) is 3.85. The zero-order valence-corrected chi connectivity index (χ0v) is 13.1. The molecular formula is C15H15NO6S. The number of benzene rings is 1. The van der Waals surface area contributed by atoms with Crippen molar-refractivity contribution < 1.29 is 27.5 Å². The minimum Gasteiger partial charge on any atom is -0.496 e. The van der Waals surface area contributed by atoms with Crippen LogP contribution in [0.25, 0.3) is 0 Å². The van der Waals surface area contributed by atoms with Crippen molar-refractivity contribution >= 4 is 16.0 Å². The number of hydrogen-bond acceptors (Lipinski definition) is 5. The quantitative estimate of drug-likeness (QED) is 0.834. The van der Waals surface area contributed by atoms with Gasteiger partial charge in [0.25, 0.3) is 10.0 Å². The van der Waals surface area contributed by atoms with E-state index < -0.39 is 26.6 Å². The van der Waals surface area contributed by atoms with Crippen LogP contribution in [0.2, 0.25) is 0 Å². The van der Waals surface area contributed by atoms with Crippen molar-refractivity contribution in [3.05, 3.63) is 47.7 Å². The lowest BCUT2D eigenvalue weighted by Crippen LogP contribution is -2.35. The molecule has 1 aromatic carbocycles. The number of aromatic carboxylic acids is 1. The molecule has 8 heteroatoms. The third kappa shape index (κ3) is 2.82. The number of hydrogen-bond donors (Lipinski definition) is 2. The van der Waals surface area contributed by atoms with E-state index in [-0.39, 0.29) is 5.56 Å². The van der Waals surface area contributed by atoms with Gasteiger partial charge in [0.15, 0.2) is 0 Å². The summed E-state index contributed by atoms with van der Waals surface area (Å²) in [5.41, 5.74) is -0.217. The highest BCUT2D eigenvalue weighted by Crippen LogP contribution is 2.49. The van der Waals surface area contributed by atoms with Crippen LogP contribution in [0.5, 0.6) is 5.75 Å². The molecule has 7 nitrogen and oxygen atoms in total. The number of furan rings is 1. The van der Waals surface area contributed by atoms with Gasteiger partial charge < -0.3 is 14.3 Å². The number of para-hydroxylation sites is 1. The second-order valence-corrected chi connectivity index (χ2v) is 6.96. The van der Waals surface area contributed by atoms with Gasteiger partial charge in [0.1, 0.15) is 12.0 Å². The molecule has 2 aromatic rings. The molecule has 0 atom stereocenters. The highest BCUT2D eigenvalue weighted by Gasteiger charge is 2.49. The Kier molecular flexibility index (Phi) is 3.65. The number of carbonyl (C=O) groups is 1. The first kappa shape index (κ1) is 15.6. The van der Waals surface area contributed by atoms with Gasteiger partial charge in [-0.25, -0.2) is 13.2 Å². The Morgan fingerprint density at radius 3 is 2.61 bits per heavy atom. The zero-order chi connectivity index (χ0) is 16.7. The van der Waals surface area contributed by atoms with E-state index in [9.17, 15) is 13.2 Å². The second-order valence-electron chi connectivity index (χ2n) is 5.35. The maximum atomic E-state index is 12.5. The second kappa shape index (κ2) is 5.39. The van der Waals surface area contributed by atoms with Crippen LogP contribution >= 0.6 is 0 Å². The van der Waals surface area contributed by atoms with Gasteiger partial charge in [-0.3, -0.25) is 0 Å². The molecule has 2 N–H and O–H groups in total. The van der Waals surface area contributed by atoms with E-state index in [2.05, 4.69) is 4.72 Å². The molecule has 0 aliphatic heterocycles. The van der Waals surface area contributed by atoms with Gasteiger partial charge in [0, 0.05) is 11.6 Å². The van der Waals surface area contributed by atoms with Crippen molar-refractivity contribution in [1.29, 1.82) is 0 Å². The molecule has 122 valence electrons. The largest absolute Gasteiger partial charge is 0.496 e. The van der Waals surface area contributed by atoms with Crippen LogP contribution in [0.3, 0.4) is 0 Å². The Labute approximate surface area is 132 Å². The van der Waals surface area contributed by atoms with Gasteiger partial charge in [0.2, 0.25) is 5.09 Å². The van der Waals surface area contributed by atoms with Gasteiger partial charge in [-0.1, -0.05) is 18.2 Å². The van der Waals surface area contributed by atoms with Crippen LogP contribution in [-0.2, 0) is 15.6 Å². The number of sulfonamides is 1. The van der Waals surface area contributed by atoms with E-state index in [1.165, 1.54) is 7.11 Å². The highest BCUT2D eigenvalue weighted by molar-refractivity contribution is 7.89. The van der Waals surface area contributed by atoms with E-state index >= 15 is 0 Å². The Morgan fingerprint density at radius 1 is 1.35 bits per heavy atom. The van der Waals surface area contributed by atoms with Gasteiger partial charge in [-0.05, 0) is 18.9 Å². The normalized spacial score (nSPS) is 16.0. The molecule has 0 unspecified atom stereocenters. The predicted molar refractivity (Wildman–Crippen MR) is 79.9 cm³/mol.